The smallest absolute Gasteiger partial charge is 0.0248 e. The summed E-state index contributed by atoms with van der Waals surface area (Å²) in [4.78, 5) is 5.75. The lowest BCUT2D eigenvalue weighted by molar-refractivity contribution is 0.312. The van der Waals surface area contributed by atoms with Crippen molar-refractivity contribution in [3.8, 4) is 0 Å². The van der Waals surface area contributed by atoms with E-state index in [1.165, 1.54) is 29.9 Å². The third-order valence-electron chi connectivity index (χ3n) is 2.31. The van der Waals surface area contributed by atoms with Crippen LogP contribution in [0.5, 0.6) is 0 Å². The lowest BCUT2D eigenvalue weighted by Crippen LogP contribution is -2.25. The summed E-state index contributed by atoms with van der Waals surface area (Å²) in [5, 5.41) is 0. The molecule has 1 aliphatic rings. The van der Waals surface area contributed by atoms with Gasteiger partial charge in [0.15, 0.2) is 0 Å². The number of H-pyrrole nitrogens is 1. The van der Waals surface area contributed by atoms with Crippen LogP contribution in [0.25, 0.3) is 0 Å². The van der Waals surface area contributed by atoms with E-state index >= 15 is 0 Å². The highest BCUT2D eigenvalue weighted by Crippen LogP contribution is 2.17. The van der Waals surface area contributed by atoms with Crippen molar-refractivity contribution < 1.29 is 0 Å². The number of likely N-dealkylation sites (N-methyl/N-ethyl adjacent to an activating group) is 1. The van der Waals surface area contributed by atoms with Crippen molar-refractivity contribution in [2.24, 2.45) is 0 Å². The zero-order chi connectivity index (χ0) is 7.84. The zero-order valence-electron chi connectivity index (χ0n) is 7.15. The van der Waals surface area contributed by atoms with Crippen LogP contribution >= 0.6 is 0 Å². The Labute approximate surface area is 67.2 Å². The number of nitrogens with one attached hydrogen (secondary N) is 1. The first-order chi connectivity index (χ1) is 5.25. The molecule has 0 spiro atoms. The van der Waals surface area contributed by atoms with Crippen LogP contribution in [0, 0.1) is 6.92 Å². The van der Waals surface area contributed by atoms with Gasteiger partial charge in [-0.05, 0) is 25.6 Å². The van der Waals surface area contributed by atoms with Crippen molar-refractivity contribution in [1.29, 1.82) is 0 Å². The lowest BCUT2D eigenvalue weighted by Gasteiger charge is -2.21. The summed E-state index contributed by atoms with van der Waals surface area (Å²) in [5.41, 5.74) is 4.22. The average Bonchev–Trinajstić information content (AvgIpc) is 2.27. The molecule has 0 aromatic carbocycles. The van der Waals surface area contributed by atoms with Crippen molar-refractivity contribution in [3.05, 3.63) is 23.0 Å². The second kappa shape index (κ2) is 2.38. The fourth-order valence-electron chi connectivity index (χ4n) is 1.74. The predicted molar refractivity (Wildman–Crippen MR) is 45.6 cm³/mol. The van der Waals surface area contributed by atoms with E-state index < -0.39 is 0 Å². The van der Waals surface area contributed by atoms with Gasteiger partial charge in [0.1, 0.15) is 0 Å². The Balaban J connectivity index is 2.34. The average molecular weight is 150 g/mol. The highest BCUT2D eigenvalue weighted by Gasteiger charge is 2.13. The summed E-state index contributed by atoms with van der Waals surface area (Å²) >= 11 is 0. The molecule has 0 aliphatic carbocycles. The van der Waals surface area contributed by atoms with Gasteiger partial charge < -0.3 is 9.88 Å². The molecule has 2 rings (SSSR count). The maximum atomic E-state index is 3.39. The molecule has 0 bridgehead atoms. The zero-order valence-corrected chi connectivity index (χ0v) is 7.15. The summed E-state index contributed by atoms with van der Waals surface area (Å²) in [6.07, 6.45) is 1.18. The van der Waals surface area contributed by atoms with E-state index in [4.69, 9.17) is 0 Å². The first kappa shape index (κ1) is 6.92. The van der Waals surface area contributed by atoms with Crippen molar-refractivity contribution >= 4 is 0 Å². The maximum absolute atomic E-state index is 3.39. The molecule has 1 N–H and O–H groups in total. The topological polar surface area (TPSA) is 19.0 Å². The number of nitrogens with zero attached hydrogens (tertiary/aromatic N) is 1. The van der Waals surface area contributed by atoms with Crippen LogP contribution in [-0.2, 0) is 13.0 Å². The maximum Gasteiger partial charge on any atom is 0.0248 e. The van der Waals surface area contributed by atoms with E-state index in [1.807, 2.05) is 0 Å². The van der Waals surface area contributed by atoms with E-state index in [-0.39, 0.29) is 0 Å². The number of fused-ring (bicyclic) bond motifs is 1. The van der Waals surface area contributed by atoms with Gasteiger partial charge in [-0.3, -0.25) is 0 Å². The molecule has 0 amide bonds. The third kappa shape index (κ3) is 1.18. The van der Waals surface area contributed by atoms with Crippen molar-refractivity contribution in [1.82, 2.24) is 9.88 Å². The number of aromatic nitrogens is 1. The second-order valence-electron chi connectivity index (χ2n) is 3.44. The number of aromatic amines is 1. The molecule has 2 nitrogen and oxygen atoms in total. The van der Waals surface area contributed by atoms with Crippen molar-refractivity contribution in [2.45, 2.75) is 19.9 Å². The third-order valence-corrected chi connectivity index (χ3v) is 2.31. The molecule has 60 valence electrons. The molecule has 0 saturated carbocycles. The minimum Gasteiger partial charge on any atom is -0.362 e. The van der Waals surface area contributed by atoms with Crippen molar-refractivity contribution in [3.63, 3.8) is 0 Å². The molecule has 0 atom stereocenters. The second-order valence-corrected chi connectivity index (χ2v) is 3.44. The Kier molecular flexibility index (Phi) is 1.50. The Morgan fingerprint density at radius 1 is 1.55 bits per heavy atom. The van der Waals surface area contributed by atoms with Crippen LogP contribution in [0.4, 0.5) is 0 Å². The summed E-state index contributed by atoms with van der Waals surface area (Å²) < 4.78 is 0. The molecule has 0 unspecified atom stereocenters. The largest absolute Gasteiger partial charge is 0.362 e. The van der Waals surface area contributed by atoms with Gasteiger partial charge in [-0.25, -0.2) is 0 Å². The van der Waals surface area contributed by atoms with Gasteiger partial charge in [0.25, 0.3) is 0 Å². The van der Waals surface area contributed by atoms with Gasteiger partial charge in [0.05, 0.1) is 0 Å². The van der Waals surface area contributed by atoms with Crippen molar-refractivity contribution in [2.75, 3.05) is 13.6 Å². The van der Waals surface area contributed by atoms with Crippen LogP contribution in [0.1, 0.15) is 17.0 Å². The molecule has 11 heavy (non-hydrogen) atoms. The number of rotatable bonds is 0. The van der Waals surface area contributed by atoms with Crippen LogP contribution in [0.15, 0.2) is 6.07 Å². The van der Waals surface area contributed by atoms with Gasteiger partial charge in [-0.2, -0.15) is 0 Å². The first-order valence-electron chi connectivity index (χ1n) is 4.11. The minimum absolute atomic E-state index is 1.11. The minimum atomic E-state index is 1.11. The van der Waals surface area contributed by atoms with Gasteiger partial charge in [0, 0.05) is 30.9 Å². The van der Waals surface area contributed by atoms with Gasteiger partial charge in [0.2, 0.25) is 0 Å². The molecule has 2 heterocycles. The fraction of sp³-hybridized carbons (Fsp3) is 0.556. The number of hydrogen-bond donors (Lipinski definition) is 1. The molecule has 0 saturated heterocycles. The lowest BCUT2D eigenvalue weighted by atomic mass is 10.1. The Hall–Kier alpha value is -0.760. The van der Waals surface area contributed by atoms with Crippen LogP contribution in [0.3, 0.4) is 0 Å². The Morgan fingerprint density at radius 3 is 3.18 bits per heavy atom. The molecule has 0 fully saturated rings. The van der Waals surface area contributed by atoms with E-state index in [9.17, 15) is 0 Å². The van der Waals surface area contributed by atoms with Gasteiger partial charge in [-0.1, -0.05) is 0 Å². The fourth-order valence-corrected chi connectivity index (χ4v) is 1.74. The highest BCUT2D eigenvalue weighted by molar-refractivity contribution is 5.27. The molecular formula is C9H14N2. The number of hydrogen-bond acceptors (Lipinski definition) is 1. The standard InChI is InChI=1S/C9H14N2/c1-7-5-8-6-11(2)4-3-9(8)10-7/h5,10H,3-4,6H2,1-2H3. The predicted octanol–water partition coefficient (Wildman–Crippen LogP) is 1.31. The monoisotopic (exact) mass is 150 g/mol. The van der Waals surface area contributed by atoms with Crippen LogP contribution in [0.2, 0.25) is 0 Å². The van der Waals surface area contributed by atoms with Gasteiger partial charge >= 0.3 is 0 Å². The quantitative estimate of drug-likeness (QED) is 0.591. The molecule has 0 radical (unpaired) electrons. The van der Waals surface area contributed by atoms with Gasteiger partial charge in [-0.15, -0.1) is 0 Å². The molecule has 1 aromatic heterocycles. The summed E-state index contributed by atoms with van der Waals surface area (Å²) in [6, 6.07) is 2.25. The van der Waals surface area contributed by atoms with E-state index in [2.05, 4.69) is 29.9 Å². The Bertz CT molecular complexity index is 263. The van der Waals surface area contributed by atoms with E-state index in [0.717, 1.165) is 6.54 Å². The summed E-state index contributed by atoms with van der Waals surface area (Å²) in [6.45, 7) is 4.42. The van der Waals surface area contributed by atoms with E-state index in [1.54, 1.807) is 0 Å². The summed E-state index contributed by atoms with van der Waals surface area (Å²) in [7, 11) is 2.17. The molecular weight excluding hydrogens is 136 g/mol. The SMILES string of the molecule is Cc1cc2c([nH]1)CCN(C)C2. The summed E-state index contributed by atoms with van der Waals surface area (Å²) in [5.74, 6) is 0. The van der Waals surface area contributed by atoms with Crippen LogP contribution in [-0.4, -0.2) is 23.5 Å². The Morgan fingerprint density at radius 2 is 2.36 bits per heavy atom. The van der Waals surface area contributed by atoms with Crippen LogP contribution < -0.4 is 0 Å². The van der Waals surface area contributed by atoms with E-state index in [0.29, 0.717) is 0 Å². The first-order valence-corrected chi connectivity index (χ1v) is 4.11. The highest BCUT2D eigenvalue weighted by atomic mass is 15.1. The molecule has 2 heteroatoms. The normalized spacial score (nSPS) is 18.4. The number of aryl methyl sites for hydroxylation is 1. The molecule has 1 aromatic rings. The molecule has 1 aliphatic heterocycles.